The minimum Gasteiger partial charge on any atom is -0.465 e. The molecule has 1 fully saturated rings. The SMILES string of the molecule is Cc1nc(NC(COC=O)c2cncs2)cc(N2CCN(CCOCc3ccccc3)CC2)n1. The van der Waals surface area contributed by atoms with Gasteiger partial charge >= 0.3 is 0 Å². The van der Waals surface area contributed by atoms with Crippen molar-refractivity contribution in [1.82, 2.24) is 19.9 Å². The Morgan fingerprint density at radius 3 is 2.74 bits per heavy atom. The monoisotopic (exact) mass is 482 g/mol. The molecule has 0 amide bonds. The summed E-state index contributed by atoms with van der Waals surface area (Å²) in [6.45, 7) is 8.53. The molecule has 0 spiro atoms. The number of nitrogens with zero attached hydrogens (tertiary/aromatic N) is 5. The Hall–Kier alpha value is -3.08. The van der Waals surface area contributed by atoms with Gasteiger partial charge in [0.25, 0.3) is 6.47 Å². The largest absolute Gasteiger partial charge is 0.465 e. The molecule has 1 saturated heterocycles. The summed E-state index contributed by atoms with van der Waals surface area (Å²) >= 11 is 1.50. The number of carbonyl (C=O) groups excluding carboxylic acids is 1. The predicted molar refractivity (Wildman–Crippen MR) is 132 cm³/mol. The predicted octanol–water partition coefficient (Wildman–Crippen LogP) is 2.91. The molecule has 0 radical (unpaired) electrons. The molecule has 10 heteroatoms. The Bertz CT molecular complexity index is 1010. The Morgan fingerprint density at radius 1 is 1.18 bits per heavy atom. The topological polar surface area (TPSA) is 92.7 Å². The molecule has 1 unspecified atom stereocenters. The molecule has 1 aliphatic heterocycles. The summed E-state index contributed by atoms with van der Waals surface area (Å²) in [5.74, 6) is 2.29. The van der Waals surface area contributed by atoms with Crippen LogP contribution < -0.4 is 10.2 Å². The minimum atomic E-state index is -0.215. The quantitative estimate of drug-likeness (QED) is 0.309. The van der Waals surface area contributed by atoms with E-state index in [1.165, 1.54) is 16.9 Å². The summed E-state index contributed by atoms with van der Waals surface area (Å²) in [5.41, 5.74) is 2.96. The Labute approximate surface area is 203 Å². The third kappa shape index (κ3) is 6.96. The number of ether oxygens (including phenoxy) is 2. The van der Waals surface area contributed by atoms with Gasteiger partial charge in [0.2, 0.25) is 0 Å². The number of hydrogen-bond donors (Lipinski definition) is 1. The van der Waals surface area contributed by atoms with Gasteiger partial charge in [-0.15, -0.1) is 11.3 Å². The zero-order valence-corrected chi connectivity index (χ0v) is 20.1. The van der Waals surface area contributed by atoms with Gasteiger partial charge in [-0.3, -0.25) is 14.7 Å². The van der Waals surface area contributed by atoms with Crippen LogP contribution in [0.2, 0.25) is 0 Å². The summed E-state index contributed by atoms with van der Waals surface area (Å²) < 4.78 is 10.9. The smallest absolute Gasteiger partial charge is 0.293 e. The minimum absolute atomic E-state index is 0.203. The van der Waals surface area contributed by atoms with E-state index in [1.807, 2.05) is 31.2 Å². The number of carbonyl (C=O) groups is 1. The fourth-order valence-electron chi connectivity index (χ4n) is 3.85. The van der Waals surface area contributed by atoms with E-state index in [1.54, 1.807) is 11.7 Å². The number of thiazole rings is 1. The van der Waals surface area contributed by atoms with Crippen molar-refractivity contribution in [2.75, 3.05) is 56.2 Å². The van der Waals surface area contributed by atoms with Gasteiger partial charge in [-0.1, -0.05) is 30.3 Å². The van der Waals surface area contributed by atoms with Crippen molar-refractivity contribution in [1.29, 1.82) is 0 Å². The van der Waals surface area contributed by atoms with E-state index in [9.17, 15) is 4.79 Å². The molecule has 3 aromatic rings. The van der Waals surface area contributed by atoms with Gasteiger partial charge in [0.05, 0.1) is 29.6 Å². The lowest BCUT2D eigenvalue weighted by atomic mass is 10.2. The van der Waals surface area contributed by atoms with Gasteiger partial charge in [0, 0.05) is 45.0 Å². The molecular formula is C24H30N6O3S. The van der Waals surface area contributed by atoms with E-state index in [4.69, 9.17) is 9.47 Å². The number of aryl methyl sites for hydroxylation is 1. The molecular weight excluding hydrogens is 452 g/mol. The molecule has 0 bridgehead atoms. The van der Waals surface area contributed by atoms with Gasteiger partial charge in [-0.2, -0.15) is 0 Å². The van der Waals surface area contributed by atoms with E-state index in [2.05, 4.69) is 42.2 Å². The Balaban J connectivity index is 1.28. The molecule has 3 heterocycles. The second kappa shape index (κ2) is 12.4. The van der Waals surface area contributed by atoms with Gasteiger partial charge < -0.3 is 19.7 Å². The van der Waals surface area contributed by atoms with Crippen LogP contribution in [-0.4, -0.2) is 72.3 Å². The van der Waals surface area contributed by atoms with Crippen molar-refractivity contribution >= 4 is 29.4 Å². The van der Waals surface area contributed by atoms with Crippen molar-refractivity contribution in [3.8, 4) is 0 Å². The van der Waals surface area contributed by atoms with Crippen LogP contribution in [0.15, 0.2) is 48.1 Å². The molecule has 4 rings (SSSR count). The molecule has 1 N–H and O–H groups in total. The maximum Gasteiger partial charge on any atom is 0.293 e. The van der Waals surface area contributed by atoms with Crippen LogP contribution in [0.1, 0.15) is 22.3 Å². The summed E-state index contributed by atoms with van der Waals surface area (Å²) in [6, 6.07) is 12.0. The highest BCUT2D eigenvalue weighted by atomic mass is 32.1. The van der Waals surface area contributed by atoms with Crippen molar-refractivity contribution in [2.45, 2.75) is 19.6 Å². The van der Waals surface area contributed by atoms with Crippen LogP contribution in [0, 0.1) is 6.92 Å². The van der Waals surface area contributed by atoms with Gasteiger partial charge in [0.1, 0.15) is 24.1 Å². The molecule has 0 saturated carbocycles. The highest BCUT2D eigenvalue weighted by Crippen LogP contribution is 2.24. The van der Waals surface area contributed by atoms with E-state index >= 15 is 0 Å². The van der Waals surface area contributed by atoms with Crippen molar-refractivity contribution in [2.24, 2.45) is 0 Å². The van der Waals surface area contributed by atoms with Crippen molar-refractivity contribution < 1.29 is 14.3 Å². The van der Waals surface area contributed by atoms with Crippen LogP contribution in [0.5, 0.6) is 0 Å². The second-order valence-electron chi connectivity index (χ2n) is 8.06. The average Bonchev–Trinajstić information content (AvgIpc) is 3.40. The van der Waals surface area contributed by atoms with Crippen LogP contribution in [0.25, 0.3) is 0 Å². The molecule has 0 aliphatic carbocycles. The van der Waals surface area contributed by atoms with E-state index in [0.29, 0.717) is 24.7 Å². The first-order valence-electron chi connectivity index (χ1n) is 11.4. The zero-order chi connectivity index (χ0) is 23.6. The second-order valence-corrected chi connectivity index (χ2v) is 8.97. The standard InChI is InChI=1S/C24H30N6O3S/c1-19-26-23(28-21(16-33-18-31)22-14-25-17-34-22)13-24(27-19)30-9-7-29(8-10-30)11-12-32-15-20-5-3-2-4-6-20/h2-6,13-14,17-18,21H,7-12,15-16H2,1H3,(H,26,27,28). The van der Waals surface area contributed by atoms with Crippen LogP contribution in [-0.2, 0) is 20.9 Å². The van der Waals surface area contributed by atoms with E-state index in [-0.39, 0.29) is 12.6 Å². The fraction of sp³-hybridized carbons (Fsp3) is 0.417. The Morgan fingerprint density at radius 2 is 2.00 bits per heavy atom. The highest BCUT2D eigenvalue weighted by Gasteiger charge is 2.20. The lowest BCUT2D eigenvalue weighted by molar-refractivity contribution is -0.129. The third-order valence-electron chi connectivity index (χ3n) is 5.63. The first-order chi connectivity index (χ1) is 16.7. The number of rotatable bonds is 12. The van der Waals surface area contributed by atoms with Crippen LogP contribution in [0.3, 0.4) is 0 Å². The summed E-state index contributed by atoms with van der Waals surface area (Å²) in [4.78, 5) is 29.7. The van der Waals surface area contributed by atoms with Gasteiger partial charge in [0.15, 0.2) is 0 Å². The molecule has 1 atom stereocenters. The molecule has 2 aromatic heterocycles. The van der Waals surface area contributed by atoms with E-state index < -0.39 is 0 Å². The van der Waals surface area contributed by atoms with Crippen LogP contribution >= 0.6 is 11.3 Å². The highest BCUT2D eigenvalue weighted by molar-refractivity contribution is 7.09. The van der Waals surface area contributed by atoms with Crippen LogP contribution in [0.4, 0.5) is 11.6 Å². The summed E-state index contributed by atoms with van der Waals surface area (Å²) in [7, 11) is 0. The van der Waals surface area contributed by atoms with Gasteiger partial charge in [-0.25, -0.2) is 9.97 Å². The first-order valence-corrected chi connectivity index (χ1v) is 12.2. The molecule has 1 aromatic carbocycles. The maximum absolute atomic E-state index is 10.7. The number of anilines is 2. The number of hydrogen-bond acceptors (Lipinski definition) is 10. The molecule has 1 aliphatic rings. The molecule has 9 nitrogen and oxygen atoms in total. The lowest BCUT2D eigenvalue weighted by Gasteiger charge is -2.35. The maximum atomic E-state index is 10.7. The molecule has 180 valence electrons. The normalized spacial score (nSPS) is 15.1. The van der Waals surface area contributed by atoms with E-state index in [0.717, 1.165) is 50.0 Å². The summed E-state index contributed by atoms with van der Waals surface area (Å²) in [5, 5.41) is 3.37. The number of piperazine rings is 1. The lowest BCUT2D eigenvalue weighted by Crippen LogP contribution is -2.47. The van der Waals surface area contributed by atoms with Crippen molar-refractivity contribution in [3.63, 3.8) is 0 Å². The molecule has 34 heavy (non-hydrogen) atoms. The zero-order valence-electron chi connectivity index (χ0n) is 19.3. The average molecular weight is 483 g/mol. The van der Waals surface area contributed by atoms with Gasteiger partial charge in [-0.05, 0) is 12.5 Å². The Kier molecular flexibility index (Phi) is 8.78. The number of benzene rings is 1. The summed E-state index contributed by atoms with van der Waals surface area (Å²) in [6.07, 6.45) is 1.77. The first kappa shape index (κ1) is 24.1. The third-order valence-corrected chi connectivity index (χ3v) is 6.52. The number of aromatic nitrogens is 3. The van der Waals surface area contributed by atoms with Crippen molar-refractivity contribution in [3.05, 3.63) is 64.4 Å². The number of nitrogens with one attached hydrogen (secondary N) is 1. The fourth-order valence-corrected chi connectivity index (χ4v) is 4.51.